The van der Waals surface area contributed by atoms with Gasteiger partial charge in [0.25, 0.3) is 0 Å². The van der Waals surface area contributed by atoms with Crippen LogP contribution < -0.4 is 10.5 Å². The van der Waals surface area contributed by atoms with E-state index in [0.29, 0.717) is 5.69 Å². The van der Waals surface area contributed by atoms with E-state index in [-0.39, 0.29) is 11.4 Å². The molecule has 0 atom stereocenters. The third kappa shape index (κ3) is 3.08. The van der Waals surface area contributed by atoms with Gasteiger partial charge in [-0.1, -0.05) is 0 Å². The first-order chi connectivity index (χ1) is 9.72. The van der Waals surface area contributed by atoms with Gasteiger partial charge in [0.1, 0.15) is 0 Å². The third-order valence-corrected chi connectivity index (χ3v) is 5.16. The zero-order chi connectivity index (χ0) is 15.8. The van der Waals surface area contributed by atoms with Crippen LogP contribution in [-0.2, 0) is 23.6 Å². The number of benzene rings is 1. The molecule has 0 bridgehead atoms. The molecule has 2 aromatic rings. The van der Waals surface area contributed by atoms with Gasteiger partial charge in [0.05, 0.1) is 11.1 Å². The minimum Gasteiger partial charge on any atom is -0.398 e. The second kappa shape index (κ2) is 5.50. The van der Waals surface area contributed by atoms with Crippen molar-refractivity contribution in [3.05, 3.63) is 40.7 Å². The second-order valence-electron chi connectivity index (χ2n) is 5.16. The number of hydrogen-bond donors (Lipinski definition) is 2. The van der Waals surface area contributed by atoms with Crippen molar-refractivity contribution in [1.29, 1.82) is 0 Å². The first-order valence-corrected chi connectivity index (χ1v) is 8.04. The maximum absolute atomic E-state index is 12.3. The van der Waals surface area contributed by atoms with E-state index < -0.39 is 10.0 Å². The molecule has 6 nitrogen and oxygen atoms in total. The third-order valence-electron chi connectivity index (χ3n) is 3.78. The highest BCUT2D eigenvalue weighted by molar-refractivity contribution is 7.89. The van der Waals surface area contributed by atoms with Gasteiger partial charge in [-0.3, -0.25) is 4.68 Å². The Balaban J connectivity index is 2.25. The van der Waals surface area contributed by atoms with Crippen molar-refractivity contribution in [2.45, 2.75) is 32.2 Å². The summed E-state index contributed by atoms with van der Waals surface area (Å²) in [6.45, 7) is 5.81. The van der Waals surface area contributed by atoms with Gasteiger partial charge < -0.3 is 5.73 Å². The van der Waals surface area contributed by atoms with E-state index in [0.717, 1.165) is 22.4 Å². The van der Waals surface area contributed by atoms with E-state index in [1.807, 2.05) is 27.8 Å². The molecule has 0 fully saturated rings. The SMILES string of the molecule is Cc1cc(S(=O)(=O)NCc2cnn(C)c2C)cc(N)c1C. The van der Waals surface area contributed by atoms with Gasteiger partial charge in [-0.05, 0) is 44.0 Å². The molecule has 0 saturated carbocycles. The fraction of sp³-hybridized carbons (Fsp3) is 0.357. The zero-order valence-electron chi connectivity index (χ0n) is 12.6. The summed E-state index contributed by atoms with van der Waals surface area (Å²) in [6.07, 6.45) is 1.66. The molecule has 0 amide bonds. The molecular weight excluding hydrogens is 288 g/mol. The standard InChI is InChI=1S/C14H20N4O2S/c1-9-5-13(6-14(15)10(9)2)21(19,20)17-8-12-7-16-18(4)11(12)3/h5-7,17H,8,15H2,1-4H3. The zero-order valence-corrected chi connectivity index (χ0v) is 13.5. The molecule has 1 aromatic heterocycles. The van der Waals surface area contributed by atoms with Gasteiger partial charge >= 0.3 is 0 Å². The van der Waals surface area contributed by atoms with Gasteiger partial charge in [-0.25, -0.2) is 13.1 Å². The number of aryl methyl sites for hydroxylation is 2. The predicted octanol–water partition coefficient (Wildman–Crippen LogP) is 1.41. The number of nitrogen functional groups attached to an aromatic ring is 1. The van der Waals surface area contributed by atoms with Crippen LogP contribution in [0, 0.1) is 20.8 Å². The Morgan fingerprint density at radius 2 is 1.95 bits per heavy atom. The average molecular weight is 308 g/mol. The first-order valence-electron chi connectivity index (χ1n) is 6.56. The Bertz CT molecular complexity index is 755. The monoisotopic (exact) mass is 308 g/mol. The van der Waals surface area contributed by atoms with Crippen LogP contribution in [0.25, 0.3) is 0 Å². The number of anilines is 1. The van der Waals surface area contributed by atoms with Crippen LogP contribution in [0.3, 0.4) is 0 Å². The van der Waals surface area contributed by atoms with Gasteiger partial charge in [-0.15, -0.1) is 0 Å². The fourth-order valence-electron chi connectivity index (χ4n) is 1.98. The Morgan fingerprint density at radius 1 is 1.29 bits per heavy atom. The molecule has 0 saturated heterocycles. The van der Waals surface area contributed by atoms with Crippen molar-refractivity contribution in [2.75, 3.05) is 5.73 Å². The minimum absolute atomic E-state index is 0.185. The molecule has 7 heteroatoms. The maximum atomic E-state index is 12.3. The van der Waals surface area contributed by atoms with E-state index in [1.54, 1.807) is 16.9 Å². The summed E-state index contributed by atoms with van der Waals surface area (Å²) >= 11 is 0. The first kappa shape index (κ1) is 15.5. The molecule has 2 rings (SSSR count). The van der Waals surface area contributed by atoms with Crippen molar-refractivity contribution in [3.8, 4) is 0 Å². The molecule has 0 aliphatic rings. The van der Waals surface area contributed by atoms with E-state index >= 15 is 0 Å². The number of nitrogens with one attached hydrogen (secondary N) is 1. The summed E-state index contributed by atoms with van der Waals surface area (Å²) < 4.78 is 29.0. The number of nitrogens with zero attached hydrogens (tertiary/aromatic N) is 2. The van der Waals surface area contributed by atoms with Gasteiger partial charge in [-0.2, -0.15) is 5.10 Å². The number of aromatic nitrogens is 2. The number of rotatable bonds is 4. The lowest BCUT2D eigenvalue weighted by Crippen LogP contribution is -2.23. The molecule has 21 heavy (non-hydrogen) atoms. The number of hydrogen-bond acceptors (Lipinski definition) is 4. The van der Waals surface area contributed by atoms with E-state index in [1.165, 1.54) is 6.07 Å². The highest BCUT2D eigenvalue weighted by Gasteiger charge is 2.17. The Kier molecular flexibility index (Phi) is 4.06. The van der Waals surface area contributed by atoms with Crippen LogP contribution in [0.4, 0.5) is 5.69 Å². The summed E-state index contributed by atoms with van der Waals surface area (Å²) in [7, 11) is -1.78. The lowest BCUT2D eigenvalue weighted by atomic mass is 10.1. The summed E-state index contributed by atoms with van der Waals surface area (Å²) in [4.78, 5) is 0.185. The molecule has 1 heterocycles. The summed E-state index contributed by atoms with van der Waals surface area (Å²) in [5, 5.41) is 4.09. The largest absolute Gasteiger partial charge is 0.398 e. The van der Waals surface area contributed by atoms with E-state index in [4.69, 9.17) is 5.73 Å². The summed E-state index contributed by atoms with van der Waals surface area (Å²) in [6, 6.07) is 3.12. The van der Waals surface area contributed by atoms with Crippen LogP contribution in [0.2, 0.25) is 0 Å². The molecule has 0 radical (unpaired) electrons. The van der Waals surface area contributed by atoms with Crippen LogP contribution in [0.1, 0.15) is 22.4 Å². The van der Waals surface area contributed by atoms with Crippen molar-refractivity contribution < 1.29 is 8.42 Å². The predicted molar refractivity (Wildman–Crippen MR) is 82.3 cm³/mol. The highest BCUT2D eigenvalue weighted by atomic mass is 32.2. The topological polar surface area (TPSA) is 90.0 Å². The lowest BCUT2D eigenvalue weighted by Gasteiger charge is -2.11. The molecule has 0 unspecified atom stereocenters. The van der Waals surface area contributed by atoms with E-state index in [9.17, 15) is 8.42 Å². The minimum atomic E-state index is -3.59. The smallest absolute Gasteiger partial charge is 0.240 e. The Labute approximate surface area is 125 Å². The summed E-state index contributed by atoms with van der Waals surface area (Å²) in [5.74, 6) is 0. The van der Waals surface area contributed by atoms with Crippen LogP contribution in [0.15, 0.2) is 23.2 Å². The van der Waals surface area contributed by atoms with Gasteiger partial charge in [0, 0.05) is 30.5 Å². The molecule has 114 valence electrons. The molecule has 0 spiro atoms. The van der Waals surface area contributed by atoms with Gasteiger partial charge in [0.15, 0.2) is 0 Å². The summed E-state index contributed by atoms with van der Waals surface area (Å²) in [5.41, 5.74) is 9.85. The molecule has 0 aliphatic carbocycles. The highest BCUT2D eigenvalue weighted by Crippen LogP contribution is 2.21. The Morgan fingerprint density at radius 3 is 2.48 bits per heavy atom. The van der Waals surface area contributed by atoms with Crippen LogP contribution in [0.5, 0.6) is 0 Å². The van der Waals surface area contributed by atoms with Crippen LogP contribution >= 0.6 is 0 Å². The van der Waals surface area contributed by atoms with Crippen LogP contribution in [-0.4, -0.2) is 18.2 Å². The quantitative estimate of drug-likeness (QED) is 0.836. The number of sulfonamides is 1. The average Bonchev–Trinajstić information content (AvgIpc) is 2.73. The fourth-order valence-corrected chi connectivity index (χ4v) is 3.11. The van der Waals surface area contributed by atoms with Crippen molar-refractivity contribution >= 4 is 15.7 Å². The lowest BCUT2D eigenvalue weighted by molar-refractivity contribution is 0.581. The molecule has 1 aromatic carbocycles. The van der Waals surface area contributed by atoms with Gasteiger partial charge in [0.2, 0.25) is 10.0 Å². The maximum Gasteiger partial charge on any atom is 0.240 e. The van der Waals surface area contributed by atoms with Crippen molar-refractivity contribution in [3.63, 3.8) is 0 Å². The second-order valence-corrected chi connectivity index (χ2v) is 6.92. The molecule has 0 aliphatic heterocycles. The normalized spacial score (nSPS) is 11.8. The number of nitrogens with two attached hydrogens (primary N) is 1. The molecular formula is C14H20N4O2S. The van der Waals surface area contributed by atoms with Crippen molar-refractivity contribution in [2.24, 2.45) is 7.05 Å². The van der Waals surface area contributed by atoms with Crippen molar-refractivity contribution in [1.82, 2.24) is 14.5 Å². The Hall–Kier alpha value is -1.86. The van der Waals surface area contributed by atoms with E-state index in [2.05, 4.69) is 9.82 Å². The molecule has 3 N–H and O–H groups in total.